The van der Waals surface area contributed by atoms with E-state index in [1.165, 1.54) is 0 Å². The normalized spacial score (nSPS) is 18.8. The fourth-order valence-corrected chi connectivity index (χ4v) is 7.85. The van der Waals surface area contributed by atoms with Crippen molar-refractivity contribution in [1.29, 1.82) is 0 Å². The van der Waals surface area contributed by atoms with E-state index in [1.54, 1.807) is 74.6 Å². The molecule has 3 saturated heterocycles. The van der Waals surface area contributed by atoms with Gasteiger partial charge in [-0.2, -0.15) is 0 Å². The van der Waals surface area contributed by atoms with Gasteiger partial charge in [0, 0.05) is 77.4 Å². The van der Waals surface area contributed by atoms with Gasteiger partial charge in [-0.15, -0.1) is 0 Å². The second-order valence-electron chi connectivity index (χ2n) is 19.4. The molecule has 0 bridgehead atoms. The molecular weight excluding hydrogens is 905 g/mol. The molecule has 3 fully saturated rings. The zero-order chi connectivity index (χ0) is 50.3. The van der Waals surface area contributed by atoms with E-state index >= 15 is 0 Å². The molecule has 70 heavy (non-hydrogen) atoms. The van der Waals surface area contributed by atoms with Crippen molar-refractivity contribution in [3.63, 3.8) is 0 Å². The molecule has 0 saturated carbocycles. The molecule has 6 rings (SSSR count). The molecule has 1 aromatic heterocycles. The van der Waals surface area contributed by atoms with Crippen molar-refractivity contribution in [3.05, 3.63) is 95.2 Å². The van der Waals surface area contributed by atoms with Crippen LogP contribution in [0.1, 0.15) is 83.1 Å². The number of amides is 7. The molecule has 0 unspecified atom stereocenters. The van der Waals surface area contributed by atoms with Gasteiger partial charge in [-0.05, 0) is 82.7 Å². The van der Waals surface area contributed by atoms with E-state index in [0.717, 1.165) is 22.3 Å². The van der Waals surface area contributed by atoms with E-state index in [9.17, 15) is 28.8 Å². The van der Waals surface area contributed by atoms with Crippen LogP contribution >= 0.6 is 0 Å². The molecule has 2 aromatic carbocycles. The number of likely N-dealkylation sites (tertiary alicyclic amines) is 1. The van der Waals surface area contributed by atoms with Gasteiger partial charge < -0.3 is 59.1 Å². The molecule has 20 nitrogen and oxygen atoms in total. The van der Waals surface area contributed by atoms with Crippen LogP contribution in [0.25, 0.3) is 0 Å². The SMILES string of the molecule is CC(C)(C)OC(=O)NCc1ccc(CNC(=O)N2CCN(C(=O)OC[C@H]3OCC[C@@H](OC(=O)N4CCC(C(=O)NCc5ccc(NC(=O)OC(C)(C)C)nc5)CC4)[C@@H]3OCc3ccccc3)CC2)cc1. The molecule has 0 spiro atoms. The van der Waals surface area contributed by atoms with Crippen molar-refractivity contribution in [2.24, 2.45) is 5.92 Å². The Morgan fingerprint density at radius 1 is 0.643 bits per heavy atom. The lowest BCUT2D eigenvalue weighted by molar-refractivity contribution is -0.178. The van der Waals surface area contributed by atoms with Gasteiger partial charge in [0.2, 0.25) is 5.91 Å². The Morgan fingerprint density at radius 2 is 1.23 bits per heavy atom. The number of nitrogens with one attached hydrogen (secondary N) is 4. The zero-order valence-electron chi connectivity index (χ0n) is 41.0. The number of piperazine rings is 1. The zero-order valence-corrected chi connectivity index (χ0v) is 41.0. The first-order valence-corrected chi connectivity index (χ1v) is 23.8. The summed E-state index contributed by atoms with van der Waals surface area (Å²) in [5, 5.41) is 11.2. The number of hydrogen-bond acceptors (Lipinski definition) is 13. The number of hydrogen-bond donors (Lipinski definition) is 4. The number of rotatable bonds is 14. The van der Waals surface area contributed by atoms with Crippen molar-refractivity contribution >= 4 is 42.1 Å². The molecule has 3 atom stereocenters. The van der Waals surface area contributed by atoms with Gasteiger partial charge in [0.15, 0.2) is 0 Å². The predicted molar refractivity (Wildman–Crippen MR) is 256 cm³/mol. The van der Waals surface area contributed by atoms with Crippen LogP contribution < -0.4 is 21.3 Å². The number of pyridine rings is 1. The molecule has 20 heteroatoms. The maximum absolute atomic E-state index is 13.6. The number of piperidine rings is 1. The third-order valence-electron chi connectivity index (χ3n) is 11.5. The number of carbonyl (C=O) groups is 6. The van der Waals surface area contributed by atoms with E-state index < -0.39 is 53.9 Å². The fraction of sp³-hybridized carbons (Fsp3) is 0.540. The summed E-state index contributed by atoms with van der Waals surface area (Å²) in [6.07, 6.45) is -1.53. The smallest absolute Gasteiger partial charge is 0.413 e. The molecule has 4 heterocycles. The molecule has 3 aliphatic rings. The van der Waals surface area contributed by atoms with Crippen molar-refractivity contribution in [1.82, 2.24) is 35.6 Å². The van der Waals surface area contributed by atoms with Gasteiger partial charge in [-0.3, -0.25) is 10.1 Å². The van der Waals surface area contributed by atoms with Crippen molar-refractivity contribution in [2.75, 3.05) is 57.8 Å². The molecule has 0 radical (unpaired) electrons. The van der Waals surface area contributed by atoms with Gasteiger partial charge >= 0.3 is 30.4 Å². The topological polar surface area (TPSA) is 229 Å². The third kappa shape index (κ3) is 17.1. The van der Waals surface area contributed by atoms with Crippen molar-refractivity contribution in [3.8, 4) is 0 Å². The fourth-order valence-electron chi connectivity index (χ4n) is 7.85. The minimum atomic E-state index is -0.753. The van der Waals surface area contributed by atoms with Crippen LogP contribution in [0, 0.1) is 5.92 Å². The Morgan fingerprint density at radius 3 is 1.86 bits per heavy atom. The number of aromatic nitrogens is 1. The Hall–Kier alpha value is -6.67. The average Bonchev–Trinajstić information content (AvgIpc) is 3.33. The maximum Gasteiger partial charge on any atom is 0.413 e. The summed E-state index contributed by atoms with van der Waals surface area (Å²) in [7, 11) is 0. The van der Waals surface area contributed by atoms with Crippen LogP contribution in [0.2, 0.25) is 0 Å². The Balaban J connectivity index is 0.924. The van der Waals surface area contributed by atoms with Crippen molar-refractivity contribution in [2.45, 2.75) is 117 Å². The lowest BCUT2D eigenvalue weighted by atomic mass is 9.96. The van der Waals surface area contributed by atoms with E-state index in [-0.39, 0.29) is 57.3 Å². The Labute approximate surface area is 409 Å². The predicted octanol–water partition coefficient (Wildman–Crippen LogP) is 6.33. The molecule has 0 aliphatic carbocycles. The van der Waals surface area contributed by atoms with E-state index in [1.807, 2.05) is 54.6 Å². The second kappa shape index (κ2) is 24.7. The second-order valence-corrected chi connectivity index (χ2v) is 19.4. The van der Waals surface area contributed by atoms with Crippen LogP contribution in [0.4, 0.5) is 29.8 Å². The number of carbonyl (C=O) groups excluding carboxylic acids is 6. The number of ether oxygens (including phenoxy) is 6. The number of anilines is 1. The first kappa shape index (κ1) is 52.7. The minimum absolute atomic E-state index is 0.129. The summed E-state index contributed by atoms with van der Waals surface area (Å²) in [4.78, 5) is 86.1. The average molecular weight is 973 g/mol. The quantitative estimate of drug-likeness (QED) is 0.130. The van der Waals surface area contributed by atoms with Crippen LogP contribution in [-0.2, 0) is 59.5 Å². The highest BCUT2D eigenvalue weighted by Gasteiger charge is 2.40. The number of benzene rings is 2. The lowest BCUT2D eigenvalue weighted by Gasteiger charge is -2.39. The van der Waals surface area contributed by atoms with E-state index in [4.69, 9.17) is 28.4 Å². The van der Waals surface area contributed by atoms with Crippen molar-refractivity contribution < 1.29 is 57.2 Å². The summed E-state index contributed by atoms with van der Waals surface area (Å²) < 4.78 is 34.8. The van der Waals surface area contributed by atoms with Gasteiger partial charge in [0.05, 0.1) is 13.2 Å². The summed E-state index contributed by atoms with van der Waals surface area (Å²) in [5.41, 5.74) is 2.21. The van der Waals surface area contributed by atoms with Gasteiger partial charge in [0.1, 0.15) is 41.9 Å². The monoisotopic (exact) mass is 972 g/mol. The van der Waals surface area contributed by atoms with Crippen LogP contribution in [0.15, 0.2) is 72.9 Å². The first-order chi connectivity index (χ1) is 33.4. The largest absolute Gasteiger partial charge is 0.447 e. The number of nitrogens with zero attached hydrogens (tertiary/aromatic N) is 4. The highest BCUT2D eigenvalue weighted by molar-refractivity contribution is 5.83. The molecule has 3 aromatic rings. The third-order valence-corrected chi connectivity index (χ3v) is 11.5. The van der Waals surface area contributed by atoms with E-state index in [0.29, 0.717) is 64.3 Å². The Kier molecular flexibility index (Phi) is 18.6. The van der Waals surface area contributed by atoms with Gasteiger partial charge in [-0.1, -0.05) is 60.7 Å². The van der Waals surface area contributed by atoms with E-state index in [2.05, 4.69) is 26.3 Å². The number of urea groups is 1. The summed E-state index contributed by atoms with van der Waals surface area (Å²) in [5.74, 6) is -0.0997. The summed E-state index contributed by atoms with van der Waals surface area (Å²) in [6, 6.07) is 20.2. The summed E-state index contributed by atoms with van der Waals surface area (Å²) >= 11 is 0. The Bertz CT molecular complexity index is 2200. The lowest BCUT2D eigenvalue weighted by Crippen LogP contribution is -2.54. The molecule has 7 amide bonds. The molecule has 4 N–H and O–H groups in total. The minimum Gasteiger partial charge on any atom is -0.447 e. The highest BCUT2D eigenvalue weighted by Crippen LogP contribution is 2.26. The van der Waals surface area contributed by atoms with Gasteiger partial charge in [0.25, 0.3) is 0 Å². The van der Waals surface area contributed by atoms with Crippen LogP contribution in [-0.4, -0.2) is 138 Å². The van der Waals surface area contributed by atoms with Crippen LogP contribution in [0.5, 0.6) is 0 Å². The highest BCUT2D eigenvalue weighted by atomic mass is 16.6. The standard InChI is InChI=1S/C50H68N8O12/c1-49(2,3)69-45(61)54-29-35-14-12-34(13-15-35)28-53-44(60)56-23-25-58(26-24-56)47(63)67-33-40-42(66-32-36-10-8-7-9-11-36)39(20-27-65-40)68-48(64)57-21-18-38(19-22-57)43(59)52-31-37-16-17-41(51-30-37)55-46(62)70-50(4,5)6/h7-17,30,38-40,42H,18-29,31-33H2,1-6H3,(H,52,59)(H,53,60)(H,54,61)(H,51,55,62)/t39-,40-,42+/m1/s1. The van der Waals surface area contributed by atoms with Gasteiger partial charge in [-0.25, -0.2) is 29.0 Å². The molecule has 3 aliphatic heterocycles. The first-order valence-electron chi connectivity index (χ1n) is 23.8. The van der Waals surface area contributed by atoms with Crippen LogP contribution in [0.3, 0.4) is 0 Å². The molecule has 380 valence electrons. The summed E-state index contributed by atoms with van der Waals surface area (Å²) in [6.45, 7) is 13.7. The maximum atomic E-state index is 13.6. The molecular formula is C50H68N8O12. The number of alkyl carbamates (subject to hydrolysis) is 1.